The number of methoxy groups -OCH3 is 1. The zero-order valence-corrected chi connectivity index (χ0v) is 16.6. The minimum absolute atomic E-state index is 0.302. The minimum Gasteiger partial charge on any atom is -0.465 e. The lowest BCUT2D eigenvalue weighted by molar-refractivity contribution is -0.111. The van der Waals surface area contributed by atoms with E-state index >= 15 is 0 Å². The summed E-state index contributed by atoms with van der Waals surface area (Å²) in [6, 6.07) is 17.6. The first-order valence-corrected chi connectivity index (χ1v) is 9.83. The number of benzene rings is 2. The average molecular weight is 391 g/mol. The van der Waals surface area contributed by atoms with E-state index in [1.165, 1.54) is 30.1 Å². The van der Waals surface area contributed by atoms with Crippen LogP contribution in [0.2, 0.25) is 0 Å². The molecule has 1 amide bonds. The molecule has 0 radical (unpaired) electrons. The maximum Gasteiger partial charge on any atom is 0.341 e. The Bertz CT molecular complexity index is 988. The van der Waals surface area contributed by atoms with Gasteiger partial charge < -0.3 is 10.1 Å². The van der Waals surface area contributed by atoms with Gasteiger partial charge in [0.25, 0.3) is 0 Å². The molecule has 0 unspecified atom stereocenters. The Balaban J connectivity index is 1.86. The molecule has 0 saturated heterocycles. The van der Waals surface area contributed by atoms with Gasteiger partial charge in [0.05, 0.1) is 7.11 Å². The van der Waals surface area contributed by atoms with Gasteiger partial charge in [-0.15, -0.1) is 11.3 Å². The van der Waals surface area contributed by atoms with Crippen LogP contribution in [0.15, 0.2) is 66.1 Å². The van der Waals surface area contributed by atoms with Crippen LogP contribution in [0.25, 0.3) is 17.2 Å². The molecule has 0 aliphatic carbocycles. The van der Waals surface area contributed by atoms with Gasteiger partial charge in [0.2, 0.25) is 5.91 Å². The fourth-order valence-corrected chi connectivity index (χ4v) is 3.74. The first kappa shape index (κ1) is 19.6. The van der Waals surface area contributed by atoms with Crippen LogP contribution in [0.4, 0.5) is 5.00 Å². The Kier molecular flexibility index (Phi) is 6.40. The van der Waals surface area contributed by atoms with Gasteiger partial charge in [-0.1, -0.05) is 61.5 Å². The van der Waals surface area contributed by atoms with E-state index in [1.54, 1.807) is 6.08 Å². The first-order chi connectivity index (χ1) is 13.6. The first-order valence-electron chi connectivity index (χ1n) is 8.95. The lowest BCUT2D eigenvalue weighted by Gasteiger charge is -2.07. The quantitative estimate of drug-likeness (QED) is 0.451. The number of rotatable bonds is 6. The van der Waals surface area contributed by atoms with Gasteiger partial charge >= 0.3 is 5.97 Å². The van der Waals surface area contributed by atoms with Gasteiger partial charge in [0, 0.05) is 17.0 Å². The molecule has 0 spiro atoms. The van der Waals surface area contributed by atoms with Crippen molar-refractivity contribution < 1.29 is 14.3 Å². The zero-order valence-electron chi connectivity index (χ0n) is 15.8. The number of thiophene rings is 1. The van der Waals surface area contributed by atoms with Gasteiger partial charge in [-0.05, 0) is 29.2 Å². The van der Waals surface area contributed by atoms with Crippen molar-refractivity contribution in [2.24, 2.45) is 0 Å². The molecule has 1 N–H and O–H groups in total. The van der Waals surface area contributed by atoms with Crippen LogP contribution in [0.3, 0.4) is 0 Å². The zero-order chi connectivity index (χ0) is 19.9. The van der Waals surface area contributed by atoms with E-state index in [9.17, 15) is 9.59 Å². The molecule has 0 aliphatic heterocycles. The average Bonchev–Trinajstić information content (AvgIpc) is 3.16. The Hall–Kier alpha value is -3.18. The number of hydrogen-bond donors (Lipinski definition) is 1. The van der Waals surface area contributed by atoms with Crippen molar-refractivity contribution in [2.45, 2.75) is 13.3 Å². The van der Waals surface area contributed by atoms with Crippen molar-refractivity contribution in [1.82, 2.24) is 0 Å². The molecule has 4 nitrogen and oxygen atoms in total. The molecule has 0 bridgehead atoms. The highest BCUT2D eigenvalue weighted by atomic mass is 32.1. The number of nitrogens with one attached hydrogen (secondary N) is 1. The fourth-order valence-electron chi connectivity index (χ4n) is 2.78. The fraction of sp³-hybridized carbons (Fsp3) is 0.130. The normalized spacial score (nSPS) is 10.8. The standard InChI is InChI=1S/C23H21NO3S/c1-3-16-9-12-18(13-10-16)19-15-28-22(21(19)23(26)27-2)24-20(25)14-11-17-7-5-4-6-8-17/h4-15H,3H2,1-2H3,(H,24,25)/b14-11+. The summed E-state index contributed by atoms with van der Waals surface area (Å²) in [5, 5.41) is 5.14. The van der Waals surface area contributed by atoms with E-state index in [0.29, 0.717) is 10.6 Å². The molecule has 1 heterocycles. The number of anilines is 1. The summed E-state index contributed by atoms with van der Waals surface area (Å²) >= 11 is 1.31. The summed E-state index contributed by atoms with van der Waals surface area (Å²) in [7, 11) is 1.34. The van der Waals surface area contributed by atoms with E-state index in [1.807, 2.05) is 60.0 Å². The van der Waals surface area contributed by atoms with Crippen molar-refractivity contribution in [2.75, 3.05) is 12.4 Å². The van der Waals surface area contributed by atoms with Crippen molar-refractivity contribution in [3.8, 4) is 11.1 Å². The minimum atomic E-state index is -0.474. The smallest absolute Gasteiger partial charge is 0.341 e. The van der Waals surface area contributed by atoms with Gasteiger partial charge in [-0.25, -0.2) is 4.79 Å². The summed E-state index contributed by atoms with van der Waals surface area (Å²) in [5.74, 6) is -0.776. The lowest BCUT2D eigenvalue weighted by Crippen LogP contribution is -2.11. The van der Waals surface area contributed by atoms with Crippen LogP contribution >= 0.6 is 11.3 Å². The third-order valence-electron chi connectivity index (χ3n) is 4.32. The third-order valence-corrected chi connectivity index (χ3v) is 5.21. The number of carbonyl (C=O) groups is 2. The second kappa shape index (κ2) is 9.15. The third kappa shape index (κ3) is 4.56. The van der Waals surface area contributed by atoms with Crippen molar-refractivity contribution in [3.63, 3.8) is 0 Å². The molecule has 1 aromatic heterocycles. The van der Waals surface area contributed by atoms with Crippen molar-refractivity contribution in [3.05, 3.63) is 82.7 Å². The van der Waals surface area contributed by atoms with Gasteiger partial charge in [0.1, 0.15) is 10.6 Å². The van der Waals surface area contributed by atoms with Crippen molar-refractivity contribution in [1.29, 1.82) is 0 Å². The molecule has 142 valence electrons. The molecule has 0 saturated carbocycles. The Morgan fingerprint density at radius 1 is 1.07 bits per heavy atom. The molecular weight excluding hydrogens is 370 g/mol. The Labute approximate surface area is 168 Å². The number of carbonyl (C=O) groups excluding carboxylic acids is 2. The SMILES string of the molecule is CCc1ccc(-c2csc(NC(=O)/C=C/c3ccccc3)c2C(=O)OC)cc1. The van der Waals surface area contributed by atoms with E-state index in [2.05, 4.69) is 12.2 Å². The highest BCUT2D eigenvalue weighted by Crippen LogP contribution is 2.36. The summed E-state index contributed by atoms with van der Waals surface area (Å²) in [5.41, 5.74) is 4.18. The van der Waals surface area contributed by atoms with Crippen LogP contribution in [0, 0.1) is 0 Å². The van der Waals surface area contributed by atoms with Crippen molar-refractivity contribution >= 4 is 34.3 Å². The van der Waals surface area contributed by atoms with Crippen LogP contribution in [0.1, 0.15) is 28.4 Å². The highest BCUT2D eigenvalue weighted by molar-refractivity contribution is 7.15. The Morgan fingerprint density at radius 2 is 1.79 bits per heavy atom. The Morgan fingerprint density at radius 3 is 2.43 bits per heavy atom. The predicted octanol–water partition coefficient (Wildman–Crippen LogP) is 5.42. The van der Waals surface area contributed by atoms with Crippen LogP contribution in [-0.4, -0.2) is 19.0 Å². The van der Waals surface area contributed by atoms with Crippen LogP contribution in [0.5, 0.6) is 0 Å². The number of amides is 1. The van der Waals surface area contributed by atoms with Gasteiger partial charge in [-0.2, -0.15) is 0 Å². The monoisotopic (exact) mass is 391 g/mol. The summed E-state index contributed by atoms with van der Waals surface area (Å²) in [6.07, 6.45) is 4.12. The molecule has 0 aliphatic rings. The molecular formula is C23H21NO3S. The molecule has 0 atom stereocenters. The molecule has 28 heavy (non-hydrogen) atoms. The number of esters is 1. The molecule has 2 aromatic carbocycles. The maximum absolute atomic E-state index is 12.4. The molecule has 3 aromatic rings. The summed E-state index contributed by atoms with van der Waals surface area (Å²) < 4.78 is 4.95. The van der Waals surface area contributed by atoms with E-state index in [4.69, 9.17) is 4.74 Å². The second-order valence-electron chi connectivity index (χ2n) is 6.13. The van der Waals surface area contributed by atoms with Crippen LogP contribution < -0.4 is 5.32 Å². The maximum atomic E-state index is 12.4. The lowest BCUT2D eigenvalue weighted by atomic mass is 10.0. The van der Waals surface area contributed by atoms with E-state index < -0.39 is 5.97 Å². The topological polar surface area (TPSA) is 55.4 Å². The van der Waals surface area contributed by atoms with Gasteiger partial charge in [0.15, 0.2) is 0 Å². The highest BCUT2D eigenvalue weighted by Gasteiger charge is 2.21. The summed E-state index contributed by atoms with van der Waals surface area (Å²) in [6.45, 7) is 2.09. The number of hydrogen-bond acceptors (Lipinski definition) is 4. The summed E-state index contributed by atoms with van der Waals surface area (Å²) in [4.78, 5) is 24.7. The molecule has 3 rings (SSSR count). The molecule has 5 heteroatoms. The van der Waals surface area contributed by atoms with E-state index in [-0.39, 0.29) is 5.91 Å². The number of aryl methyl sites for hydroxylation is 1. The van der Waals surface area contributed by atoms with Crippen LogP contribution in [-0.2, 0) is 16.0 Å². The largest absolute Gasteiger partial charge is 0.465 e. The number of ether oxygens (including phenoxy) is 1. The predicted molar refractivity (Wildman–Crippen MR) is 115 cm³/mol. The van der Waals surface area contributed by atoms with E-state index in [0.717, 1.165) is 23.1 Å². The second-order valence-corrected chi connectivity index (χ2v) is 7.01. The van der Waals surface area contributed by atoms with Gasteiger partial charge in [-0.3, -0.25) is 4.79 Å². The molecule has 0 fully saturated rings.